The molecule has 1 atom stereocenters. The van der Waals surface area contributed by atoms with Crippen molar-refractivity contribution in [2.75, 3.05) is 13.2 Å². The first kappa shape index (κ1) is 16.0. The van der Waals surface area contributed by atoms with Gasteiger partial charge in [-0.2, -0.15) is 0 Å². The molecule has 0 saturated heterocycles. The largest absolute Gasteiger partial charge is 0.472 e. The zero-order valence-corrected chi connectivity index (χ0v) is 14.2. The van der Waals surface area contributed by atoms with Gasteiger partial charge in [-0.1, -0.05) is 11.3 Å². The second-order valence-corrected chi connectivity index (χ2v) is 6.38. The Kier molecular flexibility index (Phi) is 4.58. The van der Waals surface area contributed by atoms with Crippen LogP contribution in [0.25, 0.3) is 0 Å². The van der Waals surface area contributed by atoms with Crippen molar-refractivity contribution in [3.05, 3.63) is 65.6 Å². The number of hydrogen-bond acceptors (Lipinski definition) is 6. The van der Waals surface area contributed by atoms with Gasteiger partial charge in [0.15, 0.2) is 0 Å². The van der Waals surface area contributed by atoms with Crippen LogP contribution < -0.4 is 0 Å². The number of rotatable bonds is 6. The zero-order chi connectivity index (χ0) is 17.1. The van der Waals surface area contributed by atoms with Crippen LogP contribution in [0.4, 0.5) is 0 Å². The number of fused-ring (bicyclic) bond motifs is 1. The molecular formula is C18H21N5O2. The topological polar surface area (TPSA) is 69.2 Å². The number of aromatic nitrogens is 4. The molecule has 1 aliphatic rings. The van der Waals surface area contributed by atoms with Gasteiger partial charge >= 0.3 is 0 Å². The monoisotopic (exact) mass is 339 g/mol. The highest BCUT2D eigenvalue weighted by molar-refractivity contribution is 5.20. The average Bonchev–Trinajstić information content (AvgIpc) is 3.26. The average molecular weight is 339 g/mol. The molecule has 0 spiro atoms. The van der Waals surface area contributed by atoms with Crippen molar-refractivity contribution in [3.8, 4) is 0 Å². The third kappa shape index (κ3) is 3.62. The summed E-state index contributed by atoms with van der Waals surface area (Å²) >= 11 is 0. The van der Waals surface area contributed by atoms with Gasteiger partial charge in [0.05, 0.1) is 37.1 Å². The Morgan fingerprint density at radius 1 is 1.32 bits per heavy atom. The lowest BCUT2D eigenvalue weighted by atomic mass is 9.98. The summed E-state index contributed by atoms with van der Waals surface area (Å²) in [6.07, 6.45) is 5.29. The van der Waals surface area contributed by atoms with Crippen molar-refractivity contribution in [1.29, 1.82) is 0 Å². The highest BCUT2D eigenvalue weighted by Gasteiger charge is 2.30. The van der Waals surface area contributed by atoms with E-state index in [-0.39, 0.29) is 5.92 Å². The summed E-state index contributed by atoms with van der Waals surface area (Å²) < 4.78 is 13.0. The van der Waals surface area contributed by atoms with E-state index in [4.69, 9.17) is 9.15 Å². The van der Waals surface area contributed by atoms with E-state index in [1.807, 2.05) is 36.0 Å². The van der Waals surface area contributed by atoms with Gasteiger partial charge in [0, 0.05) is 44.4 Å². The molecule has 3 aromatic rings. The summed E-state index contributed by atoms with van der Waals surface area (Å²) in [4.78, 5) is 6.66. The second kappa shape index (κ2) is 7.16. The summed E-state index contributed by atoms with van der Waals surface area (Å²) in [5, 5.41) is 8.53. The van der Waals surface area contributed by atoms with Crippen molar-refractivity contribution in [1.82, 2.24) is 24.9 Å². The molecule has 7 heteroatoms. The van der Waals surface area contributed by atoms with Crippen LogP contribution in [0, 0.1) is 0 Å². The fourth-order valence-corrected chi connectivity index (χ4v) is 3.38. The van der Waals surface area contributed by atoms with E-state index < -0.39 is 0 Å². The molecule has 1 aliphatic heterocycles. The van der Waals surface area contributed by atoms with E-state index in [1.165, 1.54) is 11.3 Å². The fraction of sp³-hybridized carbons (Fsp3) is 0.389. The molecule has 0 saturated carbocycles. The van der Waals surface area contributed by atoms with Gasteiger partial charge in [0.25, 0.3) is 0 Å². The summed E-state index contributed by atoms with van der Waals surface area (Å²) in [6, 6.07) is 7.86. The predicted molar refractivity (Wildman–Crippen MR) is 90.5 cm³/mol. The number of pyridine rings is 1. The molecule has 0 radical (unpaired) electrons. The SMILES string of the molecule is Cn1nnc2c1C(COCc1ccccn1)CN(Cc1ccoc1)C2. The molecule has 0 bridgehead atoms. The Bertz CT molecular complexity index is 800. The number of ether oxygens (including phenoxy) is 1. The number of nitrogens with zero attached hydrogens (tertiary/aromatic N) is 5. The summed E-state index contributed by atoms with van der Waals surface area (Å²) in [5.74, 6) is 0.236. The summed E-state index contributed by atoms with van der Waals surface area (Å²) in [6.45, 7) is 3.67. The van der Waals surface area contributed by atoms with E-state index >= 15 is 0 Å². The van der Waals surface area contributed by atoms with Crippen LogP contribution in [-0.2, 0) is 31.5 Å². The molecule has 0 N–H and O–H groups in total. The van der Waals surface area contributed by atoms with Crippen LogP contribution in [-0.4, -0.2) is 38.0 Å². The third-order valence-electron chi connectivity index (χ3n) is 4.46. The van der Waals surface area contributed by atoms with E-state index in [9.17, 15) is 0 Å². The van der Waals surface area contributed by atoms with Crippen LogP contribution in [0.15, 0.2) is 47.4 Å². The molecule has 0 aliphatic carbocycles. The van der Waals surface area contributed by atoms with Crippen LogP contribution in [0.5, 0.6) is 0 Å². The Morgan fingerprint density at radius 3 is 3.08 bits per heavy atom. The molecule has 1 unspecified atom stereocenters. The van der Waals surface area contributed by atoms with Gasteiger partial charge in [-0.25, -0.2) is 0 Å². The van der Waals surface area contributed by atoms with Crippen LogP contribution in [0.2, 0.25) is 0 Å². The van der Waals surface area contributed by atoms with Crippen molar-refractivity contribution in [2.45, 2.75) is 25.6 Å². The Hall–Kier alpha value is -2.51. The maximum Gasteiger partial charge on any atom is 0.100 e. The second-order valence-electron chi connectivity index (χ2n) is 6.38. The molecule has 0 aromatic carbocycles. The Labute approximate surface area is 146 Å². The Morgan fingerprint density at radius 2 is 2.28 bits per heavy atom. The minimum Gasteiger partial charge on any atom is -0.472 e. The summed E-state index contributed by atoms with van der Waals surface area (Å²) in [7, 11) is 1.95. The normalized spacial score (nSPS) is 17.6. The number of hydrogen-bond donors (Lipinski definition) is 0. The standard InChI is InChI=1S/C18H21N5O2/c1-22-18-15(12-25-13-16-4-2-3-6-19-16)9-23(10-17(18)20-21-22)8-14-5-7-24-11-14/h2-7,11,15H,8-10,12-13H2,1H3. The molecule has 130 valence electrons. The van der Waals surface area contributed by atoms with Gasteiger partial charge in [-0.15, -0.1) is 5.10 Å². The van der Waals surface area contributed by atoms with E-state index in [0.29, 0.717) is 13.2 Å². The first-order valence-corrected chi connectivity index (χ1v) is 8.39. The first-order valence-electron chi connectivity index (χ1n) is 8.39. The van der Waals surface area contributed by atoms with Crippen molar-refractivity contribution in [2.24, 2.45) is 7.05 Å². The lowest BCUT2D eigenvalue weighted by Crippen LogP contribution is -2.35. The molecule has 0 fully saturated rings. The van der Waals surface area contributed by atoms with Crippen LogP contribution in [0.3, 0.4) is 0 Å². The maximum atomic E-state index is 5.95. The van der Waals surface area contributed by atoms with Crippen molar-refractivity contribution >= 4 is 0 Å². The van der Waals surface area contributed by atoms with Crippen molar-refractivity contribution in [3.63, 3.8) is 0 Å². The lowest BCUT2D eigenvalue weighted by Gasteiger charge is -2.31. The molecule has 25 heavy (non-hydrogen) atoms. The number of furan rings is 1. The highest BCUT2D eigenvalue weighted by atomic mass is 16.5. The molecule has 4 rings (SSSR count). The minimum absolute atomic E-state index is 0.236. The Balaban J connectivity index is 1.44. The van der Waals surface area contributed by atoms with E-state index in [1.54, 1.807) is 18.7 Å². The van der Waals surface area contributed by atoms with E-state index in [2.05, 4.69) is 20.2 Å². The first-order chi connectivity index (χ1) is 12.3. The van der Waals surface area contributed by atoms with Gasteiger partial charge < -0.3 is 9.15 Å². The van der Waals surface area contributed by atoms with Gasteiger partial charge in [0.2, 0.25) is 0 Å². The molecule has 0 amide bonds. The predicted octanol–water partition coefficient (Wildman–Crippen LogP) is 2.12. The summed E-state index contributed by atoms with van der Waals surface area (Å²) in [5.41, 5.74) is 4.31. The fourth-order valence-electron chi connectivity index (χ4n) is 3.38. The smallest absolute Gasteiger partial charge is 0.100 e. The van der Waals surface area contributed by atoms with Crippen molar-refractivity contribution < 1.29 is 9.15 Å². The molecular weight excluding hydrogens is 318 g/mol. The quantitative estimate of drug-likeness (QED) is 0.685. The minimum atomic E-state index is 0.236. The van der Waals surface area contributed by atoms with Crippen LogP contribution >= 0.6 is 0 Å². The van der Waals surface area contributed by atoms with Gasteiger partial charge in [-0.05, 0) is 18.2 Å². The highest BCUT2D eigenvalue weighted by Crippen LogP contribution is 2.28. The number of aryl methyl sites for hydroxylation is 1. The van der Waals surface area contributed by atoms with E-state index in [0.717, 1.165) is 31.0 Å². The molecule has 4 heterocycles. The maximum absolute atomic E-state index is 5.95. The van der Waals surface area contributed by atoms with Gasteiger partial charge in [-0.3, -0.25) is 14.6 Å². The van der Waals surface area contributed by atoms with Crippen LogP contribution in [0.1, 0.15) is 28.6 Å². The molecule has 7 nitrogen and oxygen atoms in total. The lowest BCUT2D eigenvalue weighted by molar-refractivity contribution is 0.0811. The molecule has 3 aromatic heterocycles. The van der Waals surface area contributed by atoms with Gasteiger partial charge in [0.1, 0.15) is 5.69 Å². The third-order valence-corrected chi connectivity index (χ3v) is 4.46. The zero-order valence-electron chi connectivity index (χ0n) is 14.2.